The van der Waals surface area contributed by atoms with E-state index >= 15 is 0 Å². The first-order valence-corrected chi connectivity index (χ1v) is 9.31. The molecule has 25 heavy (non-hydrogen) atoms. The van der Waals surface area contributed by atoms with Gasteiger partial charge in [0.1, 0.15) is 5.82 Å². The molecule has 0 aliphatic heterocycles. The van der Waals surface area contributed by atoms with Crippen LogP contribution in [0.4, 0.5) is 0 Å². The molecule has 1 aromatic heterocycles. The van der Waals surface area contributed by atoms with E-state index in [1.54, 1.807) is 0 Å². The summed E-state index contributed by atoms with van der Waals surface area (Å²) in [6, 6.07) is 27.5. The van der Waals surface area contributed by atoms with Crippen molar-refractivity contribution >= 4 is 27.0 Å². The Morgan fingerprint density at radius 3 is 2.36 bits per heavy atom. The summed E-state index contributed by atoms with van der Waals surface area (Å²) in [5.74, 6) is 1.14. The number of nitrogens with zero attached hydrogens (tertiary/aromatic N) is 2. The van der Waals surface area contributed by atoms with Crippen molar-refractivity contribution < 1.29 is 0 Å². The number of halogens is 1. The minimum Gasteiger partial charge on any atom is -0.323 e. The zero-order chi connectivity index (χ0) is 17.1. The van der Waals surface area contributed by atoms with E-state index in [1.165, 1.54) is 16.6 Å². The Kier molecular flexibility index (Phi) is 4.66. The number of fused-ring (bicyclic) bond motifs is 1. The Morgan fingerprint density at radius 2 is 1.52 bits per heavy atom. The second kappa shape index (κ2) is 7.24. The second-order valence-electron chi connectivity index (χ2n) is 6.22. The Bertz CT molecular complexity index is 989. The Balaban J connectivity index is 1.68. The molecule has 0 bridgehead atoms. The molecule has 3 aromatic carbocycles. The summed E-state index contributed by atoms with van der Waals surface area (Å²) >= 11 is 3.57. The first-order valence-electron chi connectivity index (χ1n) is 8.52. The van der Waals surface area contributed by atoms with E-state index in [4.69, 9.17) is 4.98 Å². The molecule has 0 saturated heterocycles. The lowest BCUT2D eigenvalue weighted by atomic mass is 10.1. The minimum atomic E-state index is 0.837. The molecule has 0 saturated carbocycles. The molecular formula is C22H19BrN2. The number of rotatable bonds is 5. The topological polar surface area (TPSA) is 17.8 Å². The third-order valence-corrected chi connectivity index (χ3v) is 4.94. The third-order valence-electron chi connectivity index (χ3n) is 4.44. The van der Waals surface area contributed by atoms with Gasteiger partial charge in [-0.3, -0.25) is 0 Å². The van der Waals surface area contributed by atoms with Crippen LogP contribution in [0.3, 0.4) is 0 Å². The first kappa shape index (κ1) is 16.1. The smallest absolute Gasteiger partial charge is 0.110 e. The highest BCUT2D eigenvalue weighted by molar-refractivity contribution is 9.10. The summed E-state index contributed by atoms with van der Waals surface area (Å²) in [4.78, 5) is 4.90. The zero-order valence-corrected chi connectivity index (χ0v) is 15.5. The van der Waals surface area contributed by atoms with E-state index < -0.39 is 0 Å². The molecule has 2 nitrogen and oxygen atoms in total. The van der Waals surface area contributed by atoms with Gasteiger partial charge in [0.25, 0.3) is 0 Å². The van der Waals surface area contributed by atoms with Crippen LogP contribution in [0.5, 0.6) is 0 Å². The lowest BCUT2D eigenvalue weighted by Gasteiger charge is -2.10. The van der Waals surface area contributed by atoms with E-state index in [1.807, 2.05) is 0 Å². The molecular weight excluding hydrogens is 372 g/mol. The second-order valence-corrected chi connectivity index (χ2v) is 7.13. The fraction of sp³-hybridized carbons (Fsp3) is 0.136. The molecule has 0 N–H and O–H groups in total. The molecule has 0 unspecified atom stereocenters. The van der Waals surface area contributed by atoms with Crippen LogP contribution in [-0.4, -0.2) is 9.55 Å². The highest BCUT2D eigenvalue weighted by atomic mass is 79.9. The predicted molar refractivity (Wildman–Crippen MR) is 107 cm³/mol. The van der Waals surface area contributed by atoms with Crippen molar-refractivity contribution in [2.24, 2.45) is 0 Å². The van der Waals surface area contributed by atoms with Gasteiger partial charge in [0.05, 0.1) is 11.0 Å². The van der Waals surface area contributed by atoms with Gasteiger partial charge in [-0.2, -0.15) is 0 Å². The lowest BCUT2D eigenvalue weighted by molar-refractivity contribution is 0.729. The van der Waals surface area contributed by atoms with Crippen molar-refractivity contribution in [3.63, 3.8) is 0 Å². The maximum Gasteiger partial charge on any atom is 0.110 e. The molecule has 1 heterocycles. The summed E-state index contributed by atoms with van der Waals surface area (Å²) in [5.41, 5.74) is 4.90. The van der Waals surface area contributed by atoms with Gasteiger partial charge < -0.3 is 4.57 Å². The normalized spacial score (nSPS) is 11.1. The number of benzene rings is 3. The van der Waals surface area contributed by atoms with Gasteiger partial charge in [0.2, 0.25) is 0 Å². The predicted octanol–water partition coefficient (Wildman–Crippen LogP) is 5.63. The van der Waals surface area contributed by atoms with Crippen molar-refractivity contribution in [1.82, 2.24) is 9.55 Å². The summed E-state index contributed by atoms with van der Waals surface area (Å²) in [7, 11) is 0. The minimum absolute atomic E-state index is 0.837. The van der Waals surface area contributed by atoms with E-state index in [9.17, 15) is 0 Å². The zero-order valence-electron chi connectivity index (χ0n) is 13.9. The van der Waals surface area contributed by atoms with Crippen molar-refractivity contribution in [3.05, 3.63) is 100 Å². The van der Waals surface area contributed by atoms with E-state index in [2.05, 4.69) is 99.4 Å². The van der Waals surface area contributed by atoms with Gasteiger partial charge in [0.15, 0.2) is 0 Å². The highest BCUT2D eigenvalue weighted by Gasteiger charge is 2.11. The molecule has 0 spiro atoms. The molecule has 0 aliphatic carbocycles. The van der Waals surface area contributed by atoms with Crippen LogP contribution in [0.25, 0.3) is 11.0 Å². The van der Waals surface area contributed by atoms with Crippen LogP contribution in [0.2, 0.25) is 0 Å². The first-order chi connectivity index (χ1) is 12.3. The monoisotopic (exact) mass is 390 g/mol. The van der Waals surface area contributed by atoms with Gasteiger partial charge >= 0.3 is 0 Å². The van der Waals surface area contributed by atoms with Crippen molar-refractivity contribution in [3.8, 4) is 0 Å². The summed E-state index contributed by atoms with van der Waals surface area (Å²) in [6.45, 7) is 0.837. The molecule has 4 aromatic rings. The maximum absolute atomic E-state index is 4.90. The fourth-order valence-electron chi connectivity index (χ4n) is 3.21. The van der Waals surface area contributed by atoms with Crippen LogP contribution in [0.1, 0.15) is 17.0 Å². The Labute approximate surface area is 156 Å². The summed E-state index contributed by atoms with van der Waals surface area (Å²) < 4.78 is 3.46. The Hall–Kier alpha value is -2.39. The van der Waals surface area contributed by atoms with Crippen LogP contribution in [-0.2, 0) is 19.4 Å². The molecule has 0 amide bonds. The van der Waals surface area contributed by atoms with E-state index in [0.717, 1.165) is 35.2 Å². The largest absolute Gasteiger partial charge is 0.323 e. The highest BCUT2D eigenvalue weighted by Crippen LogP contribution is 2.21. The van der Waals surface area contributed by atoms with Crippen molar-refractivity contribution in [1.29, 1.82) is 0 Å². The average molecular weight is 391 g/mol. The van der Waals surface area contributed by atoms with Gasteiger partial charge in [-0.05, 0) is 41.8 Å². The quantitative estimate of drug-likeness (QED) is 0.431. The van der Waals surface area contributed by atoms with Gasteiger partial charge in [0, 0.05) is 17.4 Å². The van der Waals surface area contributed by atoms with Crippen molar-refractivity contribution in [2.45, 2.75) is 19.4 Å². The number of aromatic nitrogens is 2. The Morgan fingerprint density at radius 1 is 0.760 bits per heavy atom. The third kappa shape index (κ3) is 3.67. The van der Waals surface area contributed by atoms with Gasteiger partial charge in [-0.25, -0.2) is 4.98 Å². The molecule has 0 aliphatic rings. The number of hydrogen-bond acceptors (Lipinski definition) is 1. The standard InChI is InChI=1S/C22H19BrN2/c23-19-10-6-9-18(15-19)16-25-21-12-5-4-11-20(21)24-22(25)14-13-17-7-2-1-3-8-17/h1-12,15H,13-14,16H2. The molecule has 0 atom stereocenters. The number of hydrogen-bond donors (Lipinski definition) is 0. The van der Waals surface area contributed by atoms with E-state index in [-0.39, 0.29) is 0 Å². The lowest BCUT2D eigenvalue weighted by Crippen LogP contribution is -2.06. The molecule has 0 fully saturated rings. The van der Waals surface area contributed by atoms with Gasteiger partial charge in [-0.15, -0.1) is 0 Å². The maximum atomic E-state index is 4.90. The molecule has 3 heteroatoms. The van der Waals surface area contributed by atoms with Crippen LogP contribution < -0.4 is 0 Å². The summed E-state index contributed by atoms with van der Waals surface area (Å²) in [5, 5.41) is 0. The molecule has 4 rings (SSSR count). The van der Waals surface area contributed by atoms with Crippen LogP contribution in [0, 0.1) is 0 Å². The molecule has 0 radical (unpaired) electrons. The SMILES string of the molecule is Brc1cccc(Cn2c(CCc3ccccc3)nc3ccccc32)c1. The number of aryl methyl sites for hydroxylation is 2. The summed E-state index contributed by atoms with van der Waals surface area (Å²) in [6.07, 6.45) is 1.94. The van der Waals surface area contributed by atoms with Crippen molar-refractivity contribution in [2.75, 3.05) is 0 Å². The van der Waals surface area contributed by atoms with Crippen LogP contribution >= 0.6 is 15.9 Å². The van der Waals surface area contributed by atoms with E-state index in [0.29, 0.717) is 0 Å². The fourth-order valence-corrected chi connectivity index (χ4v) is 3.66. The number of imidazole rings is 1. The van der Waals surface area contributed by atoms with Crippen LogP contribution in [0.15, 0.2) is 83.3 Å². The number of para-hydroxylation sites is 2. The average Bonchev–Trinajstić information content (AvgIpc) is 2.99. The molecule has 124 valence electrons. The van der Waals surface area contributed by atoms with Gasteiger partial charge in [-0.1, -0.05) is 70.5 Å².